The Morgan fingerprint density at radius 3 is 2.30 bits per heavy atom. The molecule has 0 unspecified atom stereocenters. The minimum Gasteiger partial charge on any atom is -0.497 e. The lowest BCUT2D eigenvalue weighted by Gasteiger charge is -2.35. The van der Waals surface area contributed by atoms with Crippen LogP contribution in [-0.4, -0.2) is 30.4 Å². The van der Waals surface area contributed by atoms with Gasteiger partial charge in [0.25, 0.3) is 0 Å². The van der Waals surface area contributed by atoms with E-state index in [4.69, 9.17) is 4.74 Å². The van der Waals surface area contributed by atoms with E-state index in [1.54, 1.807) is 19.2 Å². The number of allylic oxidation sites excluding steroid dienone is 1. The zero-order chi connectivity index (χ0) is 23.2. The molecule has 3 nitrogen and oxygen atoms in total. The Morgan fingerprint density at radius 2 is 1.64 bits per heavy atom. The van der Waals surface area contributed by atoms with Gasteiger partial charge in [-0.25, -0.2) is 4.39 Å². The van der Waals surface area contributed by atoms with Gasteiger partial charge in [0.05, 0.1) is 13.2 Å². The predicted molar refractivity (Wildman–Crippen MR) is 130 cm³/mol. The highest BCUT2D eigenvalue weighted by atomic mass is 19.1. The second-order valence-corrected chi connectivity index (χ2v) is 8.66. The van der Waals surface area contributed by atoms with Gasteiger partial charge in [-0.2, -0.15) is 0 Å². The summed E-state index contributed by atoms with van der Waals surface area (Å²) in [6.07, 6.45) is 4.90. The molecule has 0 aromatic heterocycles. The van der Waals surface area contributed by atoms with Gasteiger partial charge in [0.2, 0.25) is 0 Å². The number of ether oxygens (including phenoxy) is 1. The summed E-state index contributed by atoms with van der Waals surface area (Å²) in [7, 11) is 1.65. The Bertz CT molecular complexity index is 1080. The van der Waals surface area contributed by atoms with Crippen molar-refractivity contribution in [2.45, 2.75) is 31.8 Å². The van der Waals surface area contributed by atoms with E-state index in [2.05, 4.69) is 29.2 Å². The number of Topliss-reactive ketones (excluding diaryl/α,β-unsaturated/α-hetero) is 1. The van der Waals surface area contributed by atoms with Crippen molar-refractivity contribution in [3.63, 3.8) is 0 Å². The summed E-state index contributed by atoms with van der Waals surface area (Å²) >= 11 is 0. The molecule has 0 bridgehead atoms. The molecule has 4 heteroatoms. The zero-order valence-corrected chi connectivity index (χ0v) is 19.2. The zero-order valence-electron chi connectivity index (χ0n) is 19.2. The number of carbonyl (C=O) groups is 1. The number of hydrogen-bond donors (Lipinski definition) is 0. The largest absolute Gasteiger partial charge is 0.497 e. The van der Waals surface area contributed by atoms with E-state index in [-0.39, 0.29) is 29.5 Å². The molecule has 0 N–H and O–H groups in total. The molecule has 0 radical (unpaired) electrons. The maximum atomic E-state index is 13.9. The third-order valence-corrected chi connectivity index (χ3v) is 6.54. The van der Waals surface area contributed by atoms with Gasteiger partial charge in [0.15, 0.2) is 5.78 Å². The minimum atomic E-state index is -0.267. The van der Waals surface area contributed by atoms with Gasteiger partial charge in [-0.15, -0.1) is 0 Å². The maximum Gasteiger partial charge on any atom is 0.154 e. The Labute approximate surface area is 195 Å². The molecule has 0 aliphatic carbocycles. The first-order valence-corrected chi connectivity index (χ1v) is 11.4. The van der Waals surface area contributed by atoms with E-state index in [1.165, 1.54) is 17.7 Å². The van der Waals surface area contributed by atoms with Gasteiger partial charge >= 0.3 is 0 Å². The molecule has 0 spiro atoms. The lowest BCUT2D eigenvalue weighted by Crippen LogP contribution is -2.44. The smallest absolute Gasteiger partial charge is 0.154 e. The second kappa shape index (κ2) is 10.6. The molecule has 0 saturated carbocycles. The lowest BCUT2D eigenvalue weighted by atomic mass is 9.76. The molecule has 1 heterocycles. The highest BCUT2D eigenvalue weighted by Gasteiger charge is 2.35. The maximum absolute atomic E-state index is 13.9. The van der Waals surface area contributed by atoms with Crippen molar-refractivity contribution in [1.82, 2.24) is 4.90 Å². The third kappa shape index (κ3) is 5.58. The molecule has 3 aromatic rings. The first kappa shape index (κ1) is 22.9. The van der Waals surface area contributed by atoms with Gasteiger partial charge in [-0.3, -0.25) is 9.69 Å². The van der Waals surface area contributed by atoms with Crippen molar-refractivity contribution >= 4 is 5.78 Å². The molecule has 33 heavy (non-hydrogen) atoms. The van der Waals surface area contributed by atoms with Crippen LogP contribution in [-0.2, 0) is 17.8 Å². The summed E-state index contributed by atoms with van der Waals surface area (Å²) in [6, 6.07) is 24.4. The van der Waals surface area contributed by atoms with Crippen LogP contribution in [0.3, 0.4) is 0 Å². The fraction of sp³-hybridized carbons (Fsp3) is 0.276. The number of ketones is 1. The lowest BCUT2D eigenvalue weighted by molar-refractivity contribution is -0.128. The Kier molecular flexibility index (Phi) is 7.36. The molecular formula is C29H30FNO2. The normalized spacial score (nSPS) is 22.4. The van der Waals surface area contributed by atoms with Gasteiger partial charge in [0.1, 0.15) is 11.6 Å². The Morgan fingerprint density at radius 1 is 0.939 bits per heavy atom. The number of rotatable bonds is 6. The highest BCUT2D eigenvalue weighted by Crippen LogP contribution is 2.34. The van der Waals surface area contributed by atoms with Crippen molar-refractivity contribution in [2.75, 3.05) is 13.7 Å². The van der Waals surface area contributed by atoms with Gasteiger partial charge in [0, 0.05) is 24.9 Å². The van der Waals surface area contributed by atoms with E-state index < -0.39 is 0 Å². The number of nitrogens with zero attached hydrogens (tertiary/aromatic N) is 1. The molecule has 1 aliphatic rings. The van der Waals surface area contributed by atoms with Crippen LogP contribution in [0, 0.1) is 11.7 Å². The second-order valence-electron chi connectivity index (χ2n) is 8.66. The van der Waals surface area contributed by atoms with Crippen LogP contribution in [0.5, 0.6) is 5.75 Å². The first-order valence-electron chi connectivity index (χ1n) is 11.4. The molecular weight excluding hydrogens is 413 g/mol. The fourth-order valence-electron chi connectivity index (χ4n) is 4.59. The highest BCUT2D eigenvalue weighted by molar-refractivity contribution is 5.87. The molecule has 1 aliphatic heterocycles. The van der Waals surface area contributed by atoms with Crippen molar-refractivity contribution in [3.8, 4) is 5.75 Å². The van der Waals surface area contributed by atoms with Crippen LogP contribution in [0.4, 0.5) is 4.39 Å². The Hall–Kier alpha value is -3.24. The molecule has 0 fully saturated rings. The fourth-order valence-corrected chi connectivity index (χ4v) is 4.59. The van der Waals surface area contributed by atoms with Gasteiger partial charge < -0.3 is 4.74 Å². The van der Waals surface area contributed by atoms with Gasteiger partial charge in [-0.05, 0) is 54.3 Å². The van der Waals surface area contributed by atoms with E-state index in [9.17, 15) is 9.18 Å². The molecule has 4 rings (SSSR count). The minimum absolute atomic E-state index is 0.0604. The summed E-state index contributed by atoms with van der Waals surface area (Å²) in [4.78, 5) is 16.1. The number of carbonyl (C=O) groups excluding carboxylic acids is 1. The first-order chi connectivity index (χ1) is 16.0. The molecule has 0 amide bonds. The van der Waals surface area contributed by atoms with Crippen LogP contribution in [0.15, 0.2) is 91.0 Å². The predicted octanol–water partition coefficient (Wildman–Crippen LogP) is 5.81. The van der Waals surface area contributed by atoms with E-state index in [0.717, 1.165) is 16.9 Å². The van der Waals surface area contributed by atoms with Crippen LogP contribution in [0.25, 0.3) is 0 Å². The molecule has 3 atom stereocenters. The summed E-state index contributed by atoms with van der Waals surface area (Å²) in [5.41, 5.74) is 3.23. The van der Waals surface area contributed by atoms with Crippen LogP contribution in [0.2, 0.25) is 0 Å². The SMILES string of the molecule is COc1ccc([C@@H]2/C=C\CN(Cc3ccccc3)[C@@H](C)C(=O)[C@H]2Cc2ccc(F)cc2)cc1. The quantitative estimate of drug-likeness (QED) is 0.451. The molecule has 0 saturated heterocycles. The third-order valence-electron chi connectivity index (χ3n) is 6.54. The average Bonchev–Trinajstić information content (AvgIpc) is 2.85. The van der Waals surface area contributed by atoms with Crippen molar-refractivity contribution < 1.29 is 13.9 Å². The number of halogens is 1. The summed E-state index contributed by atoms with van der Waals surface area (Å²) in [5.74, 6) is 0.415. The Balaban J connectivity index is 1.67. The molecule has 170 valence electrons. The van der Waals surface area contributed by atoms with Crippen molar-refractivity contribution in [2.24, 2.45) is 5.92 Å². The van der Waals surface area contributed by atoms with Crippen molar-refractivity contribution in [1.29, 1.82) is 0 Å². The number of hydrogen-bond acceptors (Lipinski definition) is 3. The average molecular weight is 444 g/mol. The van der Waals surface area contributed by atoms with E-state index >= 15 is 0 Å². The summed E-state index contributed by atoms with van der Waals surface area (Å²) in [5, 5.41) is 0. The monoisotopic (exact) mass is 443 g/mol. The topological polar surface area (TPSA) is 29.5 Å². The van der Waals surface area contributed by atoms with Crippen molar-refractivity contribution in [3.05, 3.63) is 114 Å². The van der Waals surface area contributed by atoms with Gasteiger partial charge in [-0.1, -0.05) is 66.7 Å². The number of benzene rings is 3. The summed E-state index contributed by atoms with van der Waals surface area (Å²) in [6.45, 7) is 3.43. The standard InChI is InChI=1S/C29H30FNO2/c1-21-29(32)28(19-22-10-14-25(30)15-11-22)27(24-12-16-26(33-2)17-13-24)9-6-18-31(21)20-23-7-4-3-5-8-23/h3-17,21,27-28H,18-20H2,1-2H3/b9-6-/t21-,27-,28-/m0/s1. The van der Waals surface area contributed by atoms with Crippen LogP contribution >= 0.6 is 0 Å². The van der Waals surface area contributed by atoms with E-state index in [1.807, 2.05) is 49.4 Å². The molecule has 3 aromatic carbocycles. The van der Waals surface area contributed by atoms with Crippen LogP contribution < -0.4 is 4.74 Å². The number of methoxy groups -OCH3 is 1. The summed E-state index contributed by atoms with van der Waals surface area (Å²) < 4.78 is 18.8. The van der Waals surface area contributed by atoms with Crippen LogP contribution in [0.1, 0.15) is 29.5 Å². The van der Waals surface area contributed by atoms with E-state index in [0.29, 0.717) is 19.5 Å².